The van der Waals surface area contributed by atoms with Crippen molar-refractivity contribution >= 4 is 11.9 Å². The fourth-order valence-electron chi connectivity index (χ4n) is 3.55. The van der Waals surface area contributed by atoms with E-state index in [2.05, 4.69) is 6.58 Å². The van der Waals surface area contributed by atoms with Gasteiger partial charge in [0.05, 0.1) is 25.2 Å². The van der Waals surface area contributed by atoms with Gasteiger partial charge in [-0.05, 0) is 20.3 Å². The zero-order valence-electron chi connectivity index (χ0n) is 16.2. The third-order valence-corrected chi connectivity index (χ3v) is 4.74. The predicted octanol–water partition coefficient (Wildman–Crippen LogP) is 2.23. The van der Waals surface area contributed by atoms with Crippen LogP contribution in [0.5, 0.6) is 0 Å². The van der Waals surface area contributed by atoms with Crippen LogP contribution in [-0.2, 0) is 33.3 Å². The lowest BCUT2D eigenvalue weighted by molar-refractivity contribution is -0.212. The number of fused-ring (bicyclic) bond motifs is 2. The van der Waals surface area contributed by atoms with E-state index in [1.54, 1.807) is 21.0 Å². The summed E-state index contributed by atoms with van der Waals surface area (Å²) in [6.45, 7) is 11.3. The standard InChI is InChI=1S/C19H30O7/c1-7-23-14(20)9-12-8-13-16(25-18(21)10(2)3)17(15(12)24-13)26-19(22-6)11(4)5/h11-13,15-17,19H,2,7-9H2,1,3-6H3. The molecule has 0 amide bonds. The molecule has 2 rings (SSSR count). The van der Waals surface area contributed by atoms with Gasteiger partial charge < -0.3 is 23.7 Å². The van der Waals surface area contributed by atoms with Crippen LogP contribution in [0.15, 0.2) is 12.2 Å². The van der Waals surface area contributed by atoms with E-state index in [9.17, 15) is 9.59 Å². The van der Waals surface area contributed by atoms with E-state index in [1.807, 2.05) is 13.8 Å². The Morgan fingerprint density at radius 3 is 2.50 bits per heavy atom. The summed E-state index contributed by atoms with van der Waals surface area (Å²) in [5.74, 6) is -0.649. The largest absolute Gasteiger partial charge is 0.466 e. The maximum absolute atomic E-state index is 12.0. The first kappa shape index (κ1) is 20.9. The van der Waals surface area contributed by atoms with Crippen molar-refractivity contribution in [3.8, 4) is 0 Å². The number of ether oxygens (including phenoxy) is 5. The van der Waals surface area contributed by atoms with Crippen molar-refractivity contribution < 1.29 is 33.3 Å². The Balaban J connectivity index is 2.13. The van der Waals surface area contributed by atoms with Gasteiger partial charge in [0.1, 0.15) is 6.10 Å². The van der Waals surface area contributed by atoms with E-state index < -0.39 is 24.5 Å². The van der Waals surface area contributed by atoms with Crippen molar-refractivity contribution in [2.75, 3.05) is 13.7 Å². The third kappa shape index (κ3) is 4.64. The number of methoxy groups -OCH3 is 1. The Labute approximate surface area is 154 Å². The zero-order valence-corrected chi connectivity index (χ0v) is 16.2. The highest BCUT2D eigenvalue weighted by Crippen LogP contribution is 2.44. The average molecular weight is 370 g/mol. The number of carbonyl (C=O) groups excluding carboxylic acids is 2. The molecule has 0 saturated carbocycles. The molecule has 2 heterocycles. The number of carbonyl (C=O) groups is 2. The molecule has 148 valence electrons. The molecule has 6 unspecified atom stereocenters. The topological polar surface area (TPSA) is 80.3 Å². The molecule has 7 nitrogen and oxygen atoms in total. The molecule has 2 fully saturated rings. The van der Waals surface area contributed by atoms with Crippen LogP contribution >= 0.6 is 0 Å². The summed E-state index contributed by atoms with van der Waals surface area (Å²) in [6, 6.07) is 0. The molecule has 7 heteroatoms. The summed E-state index contributed by atoms with van der Waals surface area (Å²) < 4.78 is 28.2. The second kappa shape index (κ2) is 8.97. The number of rotatable bonds is 9. The molecule has 2 bridgehead atoms. The minimum Gasteiger partial charge on any atom is -0.466 e. The van der Waals surface area contributed by atoms with Gasteiger partial charge in [-0.3, -0.25) is 4.79 Å². The zero-order chi connectivity index (χ0) is 19.4. The lowest BCUT2D eigenvalue weighted by atomic mass is 9.83. The van der Waals surface area contributed by atoms with Crippen LogP contribution in [0.1, 0.15) is 40.5 Å². The predicted molar refractivity (Wildman–Crippen MR) is 93.2 cm³/mol. The third-order valence-electron chi connectivity index (χ3n) is 4.74. The molecule has 2 aliphatic heterocycles. The first-order valence-corrected chi connectivity index (χ1v) is 9.14. The van der Waals surface area contributed by atoms with Crippen LogP contribution in [0.4, 0.5) is 0 Å². The number of hydrogen-bond donors (Lipinski definition) is 0. The van der Waals surface area contributed by atoms with Crippen LogP contribution in [0.2, 0.25) is 0 Å². The van der Waals surface area contributed by atoms with Gasteiger partial charge in [0.2, 0.25) is 0 Å². The SMILES string of the molecule is C=C(C)C(=O)OC1C2CC(CC(=O)OCC)C(O2)C1OC(OC)C(C)C. The Morgan fingerprint density at radius 1 is 1.27 bits per heavy atom. The molecule has 0 aromatic carbocycles. The Hall–Kier alpha value is -1.44. The highest BCUT2D eigenvalue weighted by molar-refractivity contribution is 5.87. The minimum absolute atomic E-state index is 0.0338. The molecule has 0 radical (unpaired) electrons. The fourth-order valence-corrected chi connectivity index (χ4v) is 3.55. The Bertz CT molecular complexity index is 530. The Morgan fingerprint density at radius 2 is 1.96 bits per heavy atom. The monoisotopic (exact) mass is 370 g/mol. The van der Waals surface area contributed by atoms with Crippen molar-refractivity contribution in [3.63, 3.8) is 0 Å². The first-order valence-electron chi connectivity index (χ1n) is 9.14. The maximum atomic E-state index is 12.0. The molecule has 26 heavy (non-hydrogen) atoms. The molecule has 0 N–H and O–H groups in total. The molecular formula is C19H30O7. The van der Waals surface area contributed by atoms with E-state index in [0.29, 0.717) is 18.6 Å². The van der Waals surface area contributed by atoms with Crippen molar-refractivity contribution in [3.05, 3.63) is 12.2 Å². The molecule has 2 aliphatic rings. The quantitative estimate of drug-likeness (QED) is 0.350. The second-order valence-corrected chi connectivity index (χ2v) is 7.24. The average Bonchev–Trinajstić information content (AvgIpc) is 3.10. The molecule has 0 aliphatic carbocycles. The van der Waals surface area contributed by atoms with Gasteiger partial charge in [0.15, 0.2) is 12.4 Å². The highest BCUT2D eigenvalue weighted by atomic mass is 16.7. The summed E-state index contributed by atoms with van der Waals surface area (Å²) in [4.78, 5) is 23.9. The highest BCUT2D eigenvalue weighted by Gasteiger charge is 2.58. The molecule has 0 aromatic rings. The number of hydrogen-bond acceptors (Lipinski definition) is 7. The smallest absolute Gasteiger partial charge is 0.333 e. The van der Waals surface area contributed by atoms with E-state index in [4.69, 9.17) is 23.7 Å². The summed E-state index contributed by atoms with van der Waals surface area (Å²) in [6.07, 6.45) is -1.27. The van der Waals surface area contributed by atoms with E-state index in [0.717, 1.165) is 0 Å². The second-order valence-electron chi connectivity index (χ2n) is 7.24. The summed E-state index contributed by atoms with van der Waals surface area (Å²) in [7, 11) is 1.57. The van der Waals surface area contributed by atoms with Crippen molar-refractivity contribution in [1.29, 1.82) is 0 Å². The fraction of sp³-hybridized carbons (Fsp3) is 0.789. The van der Waals surface area contributed by atoms with Crippen LogP contribution in [0.3, 0.4) is 0 Å². The van der Waals surface area contributed by atoms with Crippen LogP contribution in [0.25, 0.3) is 0 Å². The van der Waals surface area contributed by atoms with Crippen LogP contribution in [0, 0.1) is 11.8 Å². The normalized spacial score (nSPS) is 31.1. The van der Waals surface area contributed by atoms with E-state index in [-0.39, 0.29) is 36.4 Å². The van der Waals surface area contributed by atoms with Gasteiger partial charge in [-0.1, -0.05) is 20.4 Å². The van der Waals surface area contributed by atoms with Gasteiger partial charge in [0, 0.05) is 24.5 Å². The molecule has 2 saturated heterocycles. The molecular weight excluding hydrogens is 340 g/mol. The van der Waals surface area contributed by atoms with Gasteiger partial charge in [0.25, 0.3) is 0 Å². The summed E-state index contributed by atoms with van der Waals surface area (Å²) in [5.41, 5.74) is 0.321. The van der Waals surface area contributed by atoms with Gasteiger partial charge in [-0.15, -0.1) is 0 Å². The Kier molecular flexibility index (Phi) is 7.20. The van der Waals surface area contributed by atoms with Gasteiger partial charge in [-0.2, -0.15) is 0 Å². The van der Waals surface area contributed by atoms with E-state index in [1.165, 1.54) is 0 Å². The molecule has 0 spiro atoms. The number of esters is 2. The lowest BCUT2D eigenvalue weighted by Crippen LogP contribution is -2.48. The summed E-state index contributed by atoms with van der Waals surface area (Å²) >= 11 is 0. The molecule has 6 atom stereocenters. The van der Waals surface area contributed by atoms with Crippen LogP contribution in [-0.4, -0.2) is 56.4 Å². The van der Waals surface area contributed by atoms with Gasteiger partial charge >= 0.3 is 11.9 Å². The van der Waals surface area contributed by atoms with Crippen molar-refractivity contribution in [2.24, 2.45) is 11.8 Å². The van der Waals surface area contributed by atoms with Crippen molar-refractivity contribution in [1.82, 2.24) is 0 Å². The lowest BCUT2D eigenvalue weighted by Gasteiger charge is -2.34. The minimum atomic E-state index is -0.543. The van der Waals surface area contributed by atoms with Gasteiger partial charge in [-0.25, -0.2) is 4.79 Å². The van der Waals surface area contributed by atoms with Crippen LogP contribution < -0.4 is 0 Å². The molecule has 0 aromatic heterocycles. The summed E-state index contributed by atoms with van der Waals surface area (Å²) in [5, 5.41) is 0. The first-order chi connectivity index (χ1) is 12.3. The van der Waals surface area contributed by atoms with Crippen molar-refractivity contribution in [2.45, 2.75) is 71.2 Å². The van der Waals surface area contributed by atoms with E-state index >= 15 is 0 Å². The maximum Gasteiger partial charge on any atom is 0.333 e.